The van der Waals surface area contributed by atoms with Crippen molar-refractivity contribution < 1.29 is 47.4 Å². The van der Waals surface area contributed by atoms with Crippen LogP contribution in [-0.2, 0) is 42.3 Å². The Balaban J connectivity index is 0. The first-order valence-corrected chi connectivity index (χ1v) is 10.9. The topological polar surface area (TPSA) is 109 Å². The molecule has 8 nitrogen and oxygen atoms in total. The number of rotatable bonds is 9. The van der Waals surface area contributed by atoms with E-state index in [2.05, 4.69) is 26.8 Å². The Bertz CT molecular complexity index is 983. The number of amides is 1. The summed E-state index contributed by atoms with van der Waals surface area (Å²) < 4.78 is 1.63. The third-order valence-electron chi connectivity index (χ3n) is 4.03. The van der Waals surface area contributed by atoms with Crippen molar-refractivity contribution >= 4 is 36.7 Å². The number of nitrogens with zero attached hydrogens (tertiary/aromatic N) is 3. The summed E-state index contributed by atoms with van der Waals surface area (Å²) in [4.78, 5) is 26.6. The molecule has 3 aromatic rings. The van der Waals surface area contributed by atoms with Crippen LogP contribution in [0.3, 0.4) is 0 Å². The van der Waals surface area contributed by atoms with Crippen molar-refractivity contribution in [2.45, 2.75) is 54.4 Å². The standard InChI is InChI=1S/C19H19BN5O3.2C2H6.CH4.Y/c20-14-12-23-25-16(21-9-4-10-22-17(26)7-8-18(27)28)11-15(24-19(14)25)13-5-2-1-3-6-13;2*1-2;;/h1-3,5,11-12,21H,4,7-10H2,(H,22,26)(H,27,28);2*1-2H3;1H4;/q-1;;;;. The van der Waals surface area contributed by atoms with E-state index in [1.165, 1.54) is 0 Å². The first-order valence-electron chi connectivity index (χ1n) is 10.9. The average molecular weight is 541 g/mol. The SMILES string of the molecule is C.CC.CC.[B]c1cnn2c(NCCCNC(=O)CCC(=O)O)cc(-c3[c-]cccc3)nc12.[Y]. The minimum Gasteiger partial charge on any atom is -0.481 e. The molecular formula is C24H35BN5O3Y-. The van der Waals surface area contributed by atoms with Gasteiger partial charge in [0.2, 0.25) is 5.91 Å². The molecule has 34 heavy (non-hydrogen) atoms. The number of benzene rings is 1. The van der Waals surface area contributed by atoms with Crippen LogP contribution in [-0.4, -0.2) is 52.5 Å². The third kappa shape index (κ3) is 10.8. The predicted molar refractivity (Wildman–Crippen MR) is 135 cm³/mol. The molecule has 0 aliphatic rings. The molecule has 3 rings (SSSR count). The molecule has 0 unspecified atom stereocenters. The van der Waals surface area contributed by atoms with Gasteiger partial charge >= 0.3 is 5.97 Å². The molecule has 0 spiro atoms. The van der Waals surface area contributed by atoms with Gasteiger partial charge in [0.1, 0.15) is 19.3 Å². The molecule has 3 radical (unpaired) electrons. The van der Waals surface area contributed by atoms with Crippen LogP contribution in [0.5, 0.6) is 0 Å². The zero-order chi connectivity index (χ0) is 23.9. The second-order valence-corrected chi connectivity index (χ2v) is 6.16. The zero-order valence-electron chi connectivity index (χ0n) is 19.8. The number of hydrogen-bond donors (Lipinski definition) is 3. The van der Waals surface area contributed by atoms with Crippen LogP contribution in [0, 0.1) is 6.07 Å². The summed E-state index contributed by atoms with van der Waals surface area (Å²) in [5.41, 5.74) is 2.61. The normalized spacial score (nSPS) is 9.18. The van der Waals surface area contributed by atoms with E-state index < -0.39 is 5.97 Å². The largest absolute Gasteiger partial charge is 0.481 e. The molecule has 181 valence electrons. The Hall–Kier alpha value is -2.25. The Morgan fingerprint density at radius 1 is 1.15 bits per heavy atom. The van der Waals surface area contributed by atoms with Gasteiger partial charge in [-0.2, -0.15) is 5.10 Å². The Morgan fingerprint density at radius 3 is 2.47 bits per heavy atom. The summed E-state index contributed by atoms with van der Waals surface area (Å²) in [6.45, 7) is 9.02. The minimum absolute atomic E-state index is 0. The Labute approximate surface area is 229 Å². The van der Waals surface area contributed by atoms with Crippen LogP contribution in [0.2, 0.25) is 0 Å². The first kappa shape index (κ1) is 33.9. The number of carbonyl (C=O) groups is 2. The van der Waals surface area contributed by atoms with Gasteiger partial charge in [0.25, 0.3) is 0 Å². The van der Waals surface area contributed by atoms with Gasteiger partial charge in [-0.1, -0.05) is 35.1 Å². The van der Waals surface area contributed by atoms with Gasteiger partial charge in [-0.15, -0.1) is 35.9 Å². The van der Waals surface area contributed by atoms with Gasteiger partial charge < -0.3 is 15.7 Å². The molecular weight excluding hydrogens is 506 g/mol. The number of carboxylic acid groups (broad SMARTS) is 1. The maximum Gasteiger partial charge on any atom is 0.303 e. The van der Waals surface area contributed by atoms with Crippen molar-refractivity contribution in [3.63, 3.8) is 0 Å². The second-order valence-electron chi connectivity index (χ2n) is 6.16. The molecule has 0 aliphatic carbocycles. The summed E-state index contributed by atoms with van der Waals surface area (Å²) in [5.74, 6) is -0.523. The van der Waals surface area contributed by atoms with E-state index in [0.717, 1.165) is 17.1 Å². The van der Waals surface area contributed by atoms with Crippen molar-refractivity contribution in [3.05, 3.63) is 42.6 Å². The monoisotopic (exact) mass is 541 g/mol. The fourth-order valence-corrected chi connectivity index (χ4v) is 2.64. The van der Waals surface area contributed by atoms with Crippen LogP contribution >= 0.6 is 0 Å². The Morgan fingerprint density at radius 2 is 1.85 bits per heavy atom. The van der Waals surface area contributed by atoms with Gasteiger partial charge in [-0.25, -0.2) is 4.52 Å². The smallest absolute Gasteiger partial charge is 0.303 e. The molecule has 0 atom stereocenters. The quantitative estimate of drug-likeness (QED) is 0.218. The molecule has 2 heterocycles. The maximum atomic E-state index is 11.5. The van der Waals surface area contributed by atoms with Crippen LogP contribution in [0.15, 0.2) is 36.5 Å². The van der Waals surface area contributed by atoms with E-state index in [1.807, 2.05) is 58.0 Å². The van der Waals surface area contributed by atoms with Gasteiger partial charge in [0, 0.05) is 58.4 Å². The molecule has 2 aromatic heterocycles. The molecule has 0 saturated heterocycles. The molecule has 0 bridgehead atoms. The fraction of sp³-hybridized carbons (Fsp3) is 0.417. The summed E-state index contributed by atoms with van der Waals surface area (Å²) in [6.07, 6.45) is 2.02. The summed E-state index contributed by atoms with van der Waals surface area (Å²) in [5, 5.41) is 18.8. The molecule has 1 amide bonds. The van der Waals surface area contributed by atoms with Gasteiger partial charge in [-0.05, 0) is 23.6 Å². The predicted octanol–water partition coefficient (Wildman–Crippen LogP) is 3.46. The van der Waals surface area contributed by atoms with Crippen LogP contribution < -0.4 is 16.1 Å². The number of hydrogen-bond acceptors (Lipinski definition) is 5. The number of carboxylic acids is 1. The van der Waals surface area contributed by atoms with E-state index in [-0.39, 0.29) is 58.9 Å². The van der Waals surface area contributed by atoms with Crippen molar-refractivity contribution in [2.24, 2.45) is 0 Å². The number of anilines is 1. The van der Waals surface area contributed by atoms with Crippen LogP contribution in [0.4, 0.5) is 5.82 Å². The van der Waals surface area contributed by atoms with Gasteiger partial charge in [-0.3, -0.25) is 14.6 Å². The third-order valence-corrected chi connectivity index (χ3v) is 4.03. The van der Waals surface area contributed by atoms with Crippen molar-refractivity contribution in [3.8, 4) is 11.3 Å². The molecule has 1 aromatic carbocycles. The fourth-order valence-electron chi connectivity index (χ4n) is 2.64. The van der Waals surface area contributed by atoms with Gasteiger partial charge in [0.15, 0.2) is 0 Å². The zero-order valence-corrected chi connectivity index (χ0v) is 22.6. The van der Waals surface area contributed by atoms with Crippen molar-refractivity contribution in [2.75, 3.05) is 18.4 Å². The molecule has 10 heteroatoms. The summed E-state index contributed by atoms with van der Waals surface area (Å²) >= 11 is 0. The summed E-state index contributed by atoms with van der Waals surface area (Å²) in [7, 11) is 5.98. The van der Waals surface area contributed by atoms with E-state index >= 15 is 0 Å². The Kier molecular flexibility index (Phi) is 19.1. The first-order chi connectivity index (χ1) is 15.5. The summed E-state index contributed by atoms with van der Waals surface area (Å²) in [6, 6.07) is 12.6. The van der Waals surface area contributed by atoms with Crippen LogP contribution in [0.25, 0.3) is 16.9 Å². The van der Waals surface area contributed by atoms with E-state index in [9.17, 15) is 9.59 Å². The average Bonchev–Trinajstić information content (AvgIpc) is 3.21. The van der Waals surface area contributed by atoms with Crippen molar-refractivity contribution in [1.29, 1.82) is 0 Å². The number of nitrogens with one attached hydrogen (secondary N) is 2. The second kappa shape index (κ2) is 19.1. The number of fused-ring (bicyclic) bond motifs is 1. The number of aromatic nitrogens is 3. The number of aliphatic carboxylic acids is 1. The van der Waals surface area contributed by atoms with Crippen LogP contribution in [0.1, 0.15) is 54.4 Å². The molecule has 0 fully saturated rings. The maximum absolute atomic E-state index is 11.5. The van der Waals surface area contributed by atoms with E-state index in [4.69, 9.17) is 13.0 Å². The number of carbonyl (C=O) groups excluding carboxylic acids is 1. The van der Waals surface area contributed by atoms with Gasteiger partial charge in [0.05, 0.1) is 6.42 Å². The van der Waals surface area contributed by atoms with E-state index in [0.29, 0.717) is 30.6 Å². The van der Waals surface area contributed by atoms with E-state index in [1.54, 1.807) is 10.7 Å². The minimum atomic E-state index is -0.983. The molecule has 0 aliphatic heterocycles. The molecule has 3 N–H and O–H groups in total. The molecule has 0 saturated carbocycles. The van der Waals surface area contributed by atoms with Crippen molar-refractivity contribution in [1.82, 2.24) is 19.9 Å².